The van der Waals surface area contributed by atoms with Gasteiger partial charge in [0.2, 0.25) is 0 Å². The van der Waals surface area contributed by atoms with Gasteiger partial charge in [0.25, 0.3) is 0 Å². The molecule has 30 heavy (non-hydrogen) atoms. The molecule has 0 saturated heterocycles. The van der Waals surface area contributed by atoms with E-state index >= 15 is 0 Å². The second-order valence-corrected chi connectivity index (χ2v) is 8.45. The zero-order chi connectivity index (χ0) is 22.1. The number of hydrogen-bond donors (Lipinski definition) is 0. The van der Waals surface area contributed by atoms with Gasteiger partial charge in [-0.2, -0.15) is 13.2 Å². The molecule has 2 aromatic rings. The van der Waals surface area contributed by atoms with Crippen molar-refractivity contribution in [3.8, 4) is 11.3 Å². The van der Waals surface area contributed by atoms with Gasteiger partial charge in [-0.05, 0) is 60.6 Å². The number of alkyl halides is 3. The summed E-state index contributed by atoms with van der Waals surface area (Å²) in [6.07, 6.45) is -1.07. The normalized spacial score (nSPS) is 21.4. The highest BCUT2D eigenvalue weighted by Gasteiger charge is 2.43. The van der Waals surface area contributed by atoms with Crippen LogP contribution in [0, 0.1) is 5.82 Å². The molecule has 3 rings (SSSR count). The van der Waals surface area contributed by atoms with Crippen molar-refractivity contribution in [3.63, 3.8) is 0 Å². The average Bonchev–Trinajstić information content (AvgIpc) is 2.67. The number of aromatic nitrogens is 1. The van der Waals surface area contributed by atoms with E-state index in [1.165, 1.54) is 24.3 Å². The highest BCUT2D eigenvalue weighted by atomic mass is 35.5. The number of unbranched alkanes of at least 4 members (excludes halogenated alkanes) is 1. The van der Waals surface area contributed by atoms with E-state index in [1.54, 1.807) is 6.07 Å². The molecule has 2 nitrogen and oxygen atoms in total. The van der Waals surface area contributed by atoms with E-state index in [2.05, 4.69) is 18.5 Å². The van der Waals surface area contributed by atoms with Gasteiger partial charge in [-0.15, -0.1) is 0 Å². The Balaban J connectivity index is 1.97. The molecular weight excluding hydrogens is 418 g/mol. The second kappa shape index (κ2) is 8.67. The molecule has 0 radical (unpaired) electrons. The fraction of sp³-hybridized carbons (Fsp3) is 0.435. The Labute approximate surface area is 178 Å². The lowest BCUT2D eigenvalue weighted by Crippen LogP contribution is -2.44. The van der Waals surface area contributed by atoms with Gasteiger partial charge < -0.3 is 4.74 Å². The Kier molecular flexibility index (Phi) is 6.58. The lowest BCUT2D eigenvalue weighted by atomic mass is 9.64. The molecule has 1 fully saturated rings. The van der Waals surface area contributed by atoms with Crippen molar-refractivity contribution in [2.24, 2.45) is 0 Å². The number of hydrogen-bond acceptors (Lipinski definition) is 2. The lowest BCUT2D eigenvalue weighted by molar-refractivity contribution is -0.0689. The van der Waals surface area contributed by atoms with Crippen LogP contribution in [0.1, 0.15) is 50.8 Å². The minimum Gasteiger partial charge on any atom is -0.378 e. The van der Waals surface area contributed by atoms with Gasteiger partial charge in [0, 0.05) is 12.2 Å². The van der Waals surface area contributed by atoms with Crippen LogP contribution in [0.4, 0.5) is 17.6 Å². The highest BCUT2D eigenvalue weighted by molar-refractivity contribution is 6.31. The van der Waals surface area contributed by atoms with Crippen LogP contribution in [-0.4, -0.2) is 23.9 Å². The zero-order valence-corrected chi connectivity index (χ0v) is 17.7. The fourth-order valence-corrected chi connectivity index (χ4v) is 3.86. The first-order valence-electron chi connectivity index (χ1n) is 9.89. The van der Waals surface area contributed by atoms with Crippen LogP contribution < -0.4 is 0 Å². The first-order chi connectivity index (χ1) is 14.0. The van der Waals surface area contributed by atoms with E-state index in [4.69, 9.17) is 16.3 Å². The summed E-state index contributed by atoms with van der Waals surface area (Å²) in [6.45, 7) is 7.97. The van der Waals surface area contributed by atoms with Crippen LogP contribution in [0.5, 0.6) is 0 Å². The van der Waals surface area contributed by atoms with E-state index in [1.807, 2.05) is 6.92 Å². The minimum atomic E-state index is -4.60. The van der Waals surface area contributed by atoms with Crippen LogP contribution in [0.25, 0.3) is 16.8 Å². The monoisotopic (exact) mass is 441 g/mol. The van der Waals surface area contributed by atoms with Crippen LogP contribution in [-0.2, 0) is 10.2 Å². The Bertz CT molecular complexity index is 935. The van der Waals surface area contributed by atoms with Gasteiger partial charge in [-0.1, -0.05) is 38.4 Å². The van der Waals surface area contributed by atoms with E-state index in [9.17, 15) is 17.6 Å². The van der Waals surface area contributed by atoms with Gasteiger partial charge >= 0.3 is 6.18 Å². The molecule has 1 heterocycles. The number of ether oxygens (including phenoxy) is 1. The van der Waals surface area contributed by atoms with E-state index in [0.717, 1.165) is 18.4 Å². The third-order valence-electron chi connectivity index (χ3n) is 5.60. The van der Waals surface area contributed by atoms with Crippen LogP contribution >= 0.6 is 11.6 Å². The highest BCUT2D eigenvalue weighted by Crippen LogP contribution is 2.47. The van der Waals surface area contributed by atoms with Crippen molar-refractivity contribution in [1.82, 2.24) is 4.98 Å². The lowest BCUT2D eigenvalue weighted by Gasteiger charge is -2.45. The maximum absolute atomic E-state index is 13.6. The first-order valence-corrected chi connectivity index (χ1v) is 10.3. The summed E-state index contributed by atoms with van der Waals surface area (Å²) in [4.78, 5) is 4.16. The van der Waals surface area contributed by atoms with Gasteiger partial charge in [-0.25, -0.2) is 9.37 Å². The quantitative estimate of drug-likeness (QED) is 0.331. The van der Waals surface area contributed by atoms with Gasteiger partial charge in [0.1, 0.15) is 5.82 Å². The molecule has 1 aromatic carbocycles. The number of halogens is 5. The van der Waals surface area contributed by atoms with E-state index < -0.39 is 17.6 Å². The summed E-state index contributed by atoms with van der Waals surface area (Å²) in [5, 5.41) is -0.116. The molecule has 0 bridgehead atoms. The van der Waals surface area contributed by atoms with Gasteiger partial charge in [0.05, 0.1) is 28.1 Å². The smallest absolute Gasteiger partial charge is 0.378 e. The largest absolute Gasteiger partial charge is 0.417 e. The zero-order valence-electron chi connectivity index (χ0n) is 17.0. The third-order valence-corrected chi connectivity index (χ3v) is 5.89. The predicted octanol–water partition coefficient (Wildman–Crippen LogP) is 7.35. The molecule has 0 aliphatic heterocycles. The van der Waals surface area contributed by atoms with Gasteiger partial charge in [-0.3, -0.25) is 0 Å². The van der Waals surface area contributed by atoms with Crippen molar-refractivity contribution >= 4 is 17.2 Å². The predicted molar refractivity (Wildman–Crippen MR) is 111 cm³/mol. The molecule has 0 N–H and O–H groups in total. The first kappa shape index (κ1) is 22.8. The molecule has 1 aromatic heterocycles. The molecule has 7 heteroatoms. The second-order valence-electron chi connectivity index (χ2n) is 8.05. The molecule has 1 aliphatic carbocycles. The average molecular weight is 442 g/mol. The summed E-state index contributed by atoms with van der Waals surface area (Å²) in [5.41, 5.74) is -0.128. The third kappa shape index (κ3) is 4.86. The Morgan fingerprint density at radius 3 is 2.57 bits per heavy atom. The van der Waals surface area contributed by atoms with Crippen LogP contribution in [0.15, 0.2) is 36.9 Å². The molecule has 0 atom stereocenters. The van der Waals surface area contributed by atoms with E-state index in [-0.39, 0.29) is 22.2 Å². The summed E-state index contributed by atoms with van der Waals surface area (Å²) < 4.78 is 59.3. The number of rotatable bonds is 7. The Morgan fingerprint density at radius 1 is 1.27 bits per heavy atom. The molecule has 1 aliphatic rings. The molecule has 0 spiro atoms. The van der Waals surface area contributed by atoms with Crippen molar-refractivity contribution in [1.29, 1.82) is 0 Å². The summed E-state index contributed by atoms with van der Waals surface area (Å²) in [6, 6.07) is 7.19. The SMILES string of the molecule is C=C(c1cc(C2(C)CC(OCCCC)C2)cc(-c2ccc(F)c(Cl)c2)n1)C(F)(F)F. The Morgan fingerprint density at radius 2 is 1.97 bits per heavy atom. The van der Waals surface area contributed by atoms with E-state index in [0.29, 0.717) is 30.7 Å². The standard InChI is InChI=1S/C23H24ClF4NO/c1-4-5-8-30-17-12-22(3,13-17)16-10-20(14(2)23(26,27)28)29-21(11-16)15-6-7-19(25)18(24)9-15/h6-7,9-11,17H,2,4-5,8,12-13H2,1,3H3. The van der Waals surface area contributed by atoms with Crippen LogP contribution in [0.3, 0.4) is 0 Å². The maximum atomic E-state index is 13.6. The van der Waals surface area contributed by atoms with Crippen molar-refractivity contribution in [2.45, 2.75) is 57.2 Å². The fourth-order valence-electron chi connectivity index (χ4n) is 3.68. The van der Waals surface area contributed by atoms with Gasteiger partial charge in [0.15, 0.2) is 0 Å². The number of pyridine rings is 1. The summed E-state index contributed by atoms with van der Waals surface area (Å²) >= 11 is 5.87. The molecule has 0 amide bonds. The maximum Gasteiger partial charge on any atom is 0.417 e. The summed E-state index contributed by atoms with van der Waals surface area (Å²) in [7, 11) is 0. The molecule has 0 unspecified atom stereocenters. The van der Waals surface area contributed by atoms with Crippen molar-refractivity contribution in [3.05, 3.63) is 59.0 Å². The number of allylic oxidation sites excluding steroid dienone is 1. The number of benzene rings is 1. The van der Waals surface area contributed by atoms with Crippen molar-refractivity contribution in [2.75, 3.05) is 6.61 Å². The van der Waals surface area contributed by atoms with Crippen LogP contribution in [0.2, 0.25) is 5.02 Å². The topological polar surface area (TPSA) is 22.1 Å². The number of nitrogens with zero attached hydrogens (tertiary/aromatic N) is 1. The molecule has 162 valence electrons. The molecular formula is C23H24ClF4NO. The Hall–Kier alpha value is -1.92. The summed E-state index contributed by atoms with van der Waals surface area (Å²) in [5.74, 6) is -0.602. The molecule has 1 saturated carbocycles. The van der Waals surface area contributed by atoms with Crippen molar-refractivity contribution < 1.29 is 22.3 Å². The minimum absolute atomic E-state index is 0.0905.